The van der Waals surface area contributed by atoms with Crippen LogP contribution in [0.3, 0.4) is 0 Å². The van der Waals surface area contributed by atoms with Crippen molar-refractivity contribution in [1.29, 1.82) is 0 Å². The second-order valence-corrected chi connectivity index (χ2v) is 4.36. The zero-order valence-electron chi connectivity index (χ0n) is 9.74. The van der Waals surface area contributed by atoms with Gasteiger partial charge in [-0.3, -0.25) is 0 Å². The predicted molar refractivity (Wildman–Crippen MR) is 62.7 cm³/mol. The van der Waals surface area contributed by atoms with Crippen LogP contribution in [0.5, 0.6) is 0 Å². The summed E-state index contributed by atoms with van der Waals surface area (Å²) >= 11 is 0. The molecule has 6 heteroatoms. The molecule has 18 heavy (non-hydrogen) atoms. The number of hydrogen-bond donors (Lipinski definition) is 1. The molecule has 6 nitrogen and oxygen atoms in total. The Morgan fingerprint density at radius 1 is 1.44 bits per heavy atom. The average Bonchev–Trinajstić information content (AvgIpc) is 2.83. The summed E-state index contributed by atoms with van der Waals surface area (Å²) in [5.74, 6) is -0.677. The Bertz CT molecular complexity index is 587. The molecule has 1 aliphatic heterocycles. The second kappa shape index (κ2) is 4.38. The lowest BCUT2D eigenvalue weighted by atomic mass is 9.96. The lowest BCUT2D eigenvalue weighted by molar-refractivity contribution is 0.0689. The molecule has 1 N–H and O–H groups in total. The summed E-state index contributed by atoms with van der Waals surface area (Å²) in [6, 6.07) is 3.40. The lowest BCUT2D eigenvalue weighted by Crippen LogP contribution is -2.17. The zero-order valence-corrected chi connectivity index (χ0v) is 9.74. The van der Waals surface area contributed by atoms with Gasteiger partial charge in [-0.1, -0.05) is 0 Å². The molecule has 1 saturated heterocycles. The predicted octanol–water partition coefficient (Wildman–Crippen LogP) is 1.32. The Labute approximate surface area is 103 Å². The highest BCUT2D eigenvalue weighted by atomic mass is 16.5. The quantitative estimate of drug-likeness (QED) is 0.866. The Hall–Kier alpha value is -1.95. The molecule has 94 valence electrons. The number of hydrogen-bond acceptors (Lipinski definition) is 4. The topological polar surface area (TPSA) is 76.7 Å². The number of nitrogens with zero attached hydrogens (tertiary/aromatic N) is 3. The Balaban J connectivity index is 2.07. The van der Waals surface area contributed by atoms with E-state index in [0.29, 0.717) is 11.6 Å². The van der Waals surface area contributed by atoms with Crippen LogP contribution in [0.25, 0.3) is 5.65 Å². The monoisotopic (exact) mass is 247 g/mol. The van der Waals surface area contributed by atoms with Gasteiger partial charge in [0.15, 0.2) is 11.3 Å². The number of carboxylic acids is 1. The van der Waals surface area contributed by atoms with Gasteiger partial charge in [0.05, 0.1) is 0 Å². The summed E-state index contributed by atoms with van der Waals surface area (Å²) < 4.78 is 6.98. The van der Waals surface area contributed by atoms with Crippen LogP contribution in [-0.2, 0) is 4.74 Å². The summed E-state index contributed by atoms with van der Waals surface area (Å²) in [6.07, 6.45) is 3.57. The first-order valence-corrected chi connectivity index (χ1v) is 5.91. The minimum Gasteiger partial charge on any atom is -0.476 e. The third-order valence-electron chi connectivity index (χ3n) is 3.25. The Kier molecular flexibility index (Phi) is 2.71. The van der Waals surface area contributed by atoms with Gasteiger partial charge < -0.3 is 9.84 Å². The molecule has 0 saturated carbocycles. The number of fused-ring (bicyclic) bond motifs is 1. The maximum Gasteiger partial charge on any atom is 0.356 e. The van der Waals surface area contributed by atoms with E-state index in [1.54, 1.807) is 10.7 Å². The van der Waals surface area contributed by atoms with Gasteiger partial charge >= 0.3 is 5.97 Å². The van der Waals surface area contributed by atoms with Crippen molar-refractivity contribution in [3.63, 3.8) is 0 Å². The van der Waals surface area contributed by atoms with Crippen molar-refractivity contribution in [3.05, 3.63) is 29.7 Å². The summed E-state index contributed by atoms with van der Waals surface area (Å²) in [4.78, 5) is 15.1. The minimum absolute atomic E-state index is 0.0296. The van der Waals surface area contributed by atoms with E-state index in [-0.39, 0.29) is 5.69 Å². The molecule has 0 amide bonds. The first-order chi connectivity index (χ1) is 8.75. The highest BCUT2D eigenvalue weighted by Gasteiger charge is 2.20. The van der Waals surface area contributed by atoms with Crippen molar-refractivity contribution in [2.75, 3.05) is 13.2 Å². The van der Waals surface area contributed by atoms with Gasteiger partial charge in [0.25, 0.3) is 0 Å². The minimum atomic E-state index is -1.03. The van der Waals surface area contributed by atoms with Gasteiger partial charge in [0.1, 0.15) is 0 Å². The summed E-state index contributed by atoms with van der Waals surface area (Å²) in [7, 11) is 0. The Morgan fingerprint density at radius 3 is 2.94 bits per heavy atom. The number of carbonyl (C=O) groups is 1. The van der Waals surface area contributed by atoms with Crippen LogP contribution in [0.4, 0.5) is 0 Å². The standard InChI is InChI=1S/C12H13N3O3/c16-12(17)9-7-11-13-4-1-10(15(11)14-9)8-2-5-18-6-3-8/h1,4,7-8H,2-3,5-6H2,(H,16,17). The molecule has 0 atom stereocenters. The first-order valence-electron chi connectivity index (χ1n) is 5.91. The third-order valence-corrected chi connectivity index (χ3v) is 3.25. The molecule has 2 aromatic rings. The second-order valence-electron chi connectivity index (χ2n) is 4.36. The van der Waals surface area contributed by atoms with Gasteiger partial charge in [-0.25, -0.2) is 14.3 Å². The van der Waals surface area contributed by atoms with E-state index >= 15 is 0 Å². The van der Waals surface area contributed by atoms with Crippen LogP contribution in [0.15, 0.2) is 18.3 Å². The van der Waals surface area contributed by atoms with E-state index in [9.17, 15) is 4.79 Å². The van der Waals surface area contributed by atoms with Crippen LogP contribution >= 0.6 is 0 Å². The average molecular weight is 247 g/mol. The smallest absolute Gasteiger partial charge is 0.356 e. The van der Waals surface area contributed by atoms with Gasteiger partial charge in [0.2, 0.25) is 0 Å². The van der Waals surface area contributed by atoms with Crippen LogP contribution in [0.1, 0.15) is 34.9 Å². The normalized spacial score (nSPS) is 17.1. The number of rotatable bonds is 2. The fraction of sp³-hybridized carbons (Fsp3) is 0.417. The molecule has 0 bridgehead atoms. The van der Waals surface area contributed by atoms with E-state index in [1.165, 1.54) is 6.07 Å². The highest BCUT2D eigenvalue weighted by Crippen LogP contribution is 2.26. The van der Waals surface area contributed by atoms with Gasteiger partial charge in [-0.15, -0.1) is 0 Å². The molecule has 0 radical (unpaired) electrons. The molecule has 0 aliphatic carbocycles. The number of carboxylic acid groups (broad SMARTS) is 1. The maximum atomic E-state index is 10.9. The summed E-state index contributed by atoms with van der Waals surface area (Å²) in [5, 5.41) is 13.1. The molecule has 1 fully saturated rings. The Morgan fingerprint density at radius 2 is 2.22 bits per heavy atom. The molecule has 1 aliphatic rings. The number of ether oxygens (including phenoxy) is 1. The van der Waals surface area contributed by atoms with Gasteiger partial charge in [-0.2, -0.15) is 5.10 Å². The molecule has 3 heterocycles. The maximum absolute atomic E-state index is 10.9. The molecule has 3 rings (SSSR count). The lowest BCUT2D eigenvalue weighted by Gasteiger charge is -2.22. The van der Waals surface area contributed by atoms with Crippen LogP contribution in [0.2, 0.25) is 0 Å². The van der Waals surface area contributed by atoms with E-state index in [1.807, 2.05) is 6.07 Å². The fourth-order valence-electron chi connectivity index (χ4n) is 2.32. The van der Waals surface area contributed by atoms with Crippen LogP contribution in [-0.4, -0.2) is 38.9 Å². The molecule has 0 spiro atoms. The number of aromatic carboxylic acids is 1. The van der Waals surface area contributed by atoms with E-state index in [4.69, 9.17) is 9.84 Å². The SMILES string of the molecule is O=C(O)c1cc2nccc(C3CCOCC3)n2n1. The van der Waals surface area contributed by atoms with Crippen molar-refractivity contribution < 1.29 is 14.6 Å². The van der Waals surface area contributed by atoms with E-state index < -0.39 is 5.97 Å². The van der Waals surface area contributed by atoms with Gasteiger partial charge in [-0.05, 0) is 18.9 Å². The van der Waals surface area contributed by atoms with E-state index in [2.05, 4.69) is 10.1 Å². The highest BCUT2D eigenvalue weighted by molar-refractivity contribution is 5.86. The third kappa shape index (κ3) is 1.84. The molecule has 0 aromatic carbocycles. The fourth-order valence-corrected chi connectivity index (χ4v) is 2.32. The molecule has 2 aromatic heterocycles. The summed E-state index contributed by atoms with van der Waals surface area (Å²) in [6.45, 7) is 1.48. The summed E-state index contributed by atoms with van der Waals surface area (Å²) in [5.41, 5.74) is 1.62. The van der Waals surface area contributed by atoms with Gasteiger partial charge in [0, 0.05) is 37.1 Å². The first kappa shape index (κ1) is 11.2. The largest absolute Gasteiger partial charge is 0.476 e. The zero-order chi connectivity index (χ0) is 12.5. The number of aromatic nitrogens is 3. The van der Waals surface area contributed by atoms with Crippen molar-refractivity contribution in [3.8, 4) is 0 Å². The van der Waals surface area contributed by atoms with Crippen LogP contribution < -0.4 is 0 Å². The van der Waals surface area contributed by atoms with Crippen LogP contribution in [0, 0.1) is 0 Å². The van der Waals surface area contributed by atoms with Crippen molar-refractivity contribution in [2.24, 2.45) is 0 Å². The van der Waals surface area contributed by atoms with Crippen molar-refractivity contribution in [1.82, 2.24) is 14.6 Å². The van der Waals surface area contributed by atoms with E-state index in [0.717, 1.165) is 31.7 Å². The molecule has 0 unspecified atom stereocenters. The molecular weight excluding hydrogens is 234 g/mol. The van der Waals surface area contributed by atoms with Crippen molar-refractivity contribution in [2.45, 2.75) is 18.8 Å². The van der Waals surface area contributed by atoms with Crippen molar-refractivity contribution >= 4 is 11.6 Å². The molecular formula is C12H13N3O3.